The molecule has 0 radical (unpaired) electrons. The molecule has 0 bridgehead atoms. The Kier molecular flexibility index (Phi) is 7.05. The maximum absolute atomic E-state index is 9.98. The first-order valence-electron chi connectivity index (χ1n) is 13.9. The molecule has 4 aromatic rings. The number of pyridine rings is 1. The number of hydrogen-bond donors (Lipinski definition) is 3. The van der Waals surface area contributed by atoms with Crippen LogP contribution < -0.4 is 15.8 Å². The molecule has 4 heterocycles. The average molecular weight is 529 g/mol. The summed E-state index contributed by atoms with van der Waals surface area (Å²) in [6.07, 6.45) is 10.7. The van der Waals surface area contributed by atoms with Crippen molar-refractivity contribution in [1.82, 2.24) is 29.6 Å². The minimum absolute atomic E-state index is 0.175. The zero-order valence-electron chi connectivity index (χ0n) is 22.5. The lowest BCUT2D eigenvalue weighted by atomic mass is 10.1. The summed E-state index contributed by atoms with van der Waals surface area (Å²) in [4.78, 5) is 16.6. The molecule has 0 spiro atoms. The zero-order chi connectivity index (χ0) is 26.9. The van der Waals surface area contributed by atoms with E-state index in [2.05, 4.69) is 27.3 Å². The van der Waals surface area contributed by atoms with Gasteiger partial charge in [-0.1, -0.05) is 6.92 Å². The van der Waals surface area contributed by atoms with E-state index in [9.17, 15) is 5.11 Å². The summed E-state index contributed by atoms with van der Waals surface area (Å²) in [5.74, 6) is 1.97. The van der Waals surface area contributed by atoms with Crippen LogP contribution in [-0.2, 0) is 6.42 Å². The lowest BCUT2D eigenvalue weighted by Gasteiger charge is -2.29. The Morgan fingerprint density at radius 2 is 1.85 bits per heavy atom. The first-order valence-corrected chi connectivity index (χ1v) is 13.9. The first-order chi connectivity index (χ1) is 19.0. The van der Waals surface area contributed by atoms with Gasteiger partial charge in [-0.2, -0.15) is 5.10 Å². The number of nitrogens with two attached hydrogens (primary N) is 1. The molecule has 2 aliphatic rings. The third-order valence-corrected chi connectivity index (χ3v) is 7.84. The van der Waals surface area contributed by atoms with Crippen molar-refractivity contribution in [1.29, 1.82) is 0 Å². The predicted molar refractivity (Wildman–Crippen MR) is 152 cm³/mol. The van der Waals surface area contributed by atoms with Crippen molar-refractivity contribution >= 4 is 22.7 Å². The van der Waals surface area contributed by atoms with Crippen molar-refractivity contribution in [2.75, 3.05) is 31.2 Å². The number of aliphatic hydroxyl groups excluding tert-OH is 1. The Balaban J connectivity index is 1.26. The smallest absolute Gasteiger partial charge is 0.151 e. The summed E-state index contributed by atoms with van der Waals surface area (Å²) >= 11 is 0. The number of ether oxygens (including phenoxy) is 1. The topological polar surface area (TPSA) is 127 Å². The molecule has 4 N–H and O–H groups in total. The third kappa shape index (κ3) is 5.39. The Hall–Kier alpha value is -3.76. The number of rotatable bonds is 7. The zero-order valence-corrected chi connectivity index (χ0v) is 22.5. The van der Waals surface area contributed by atoms with E-state index in [1.54, 1.807) is 6.20 Å². The number of aryl methyl sites for hydroxylation is 1. The number of aromatic nitrogens is 5. The van der Waals surface area contributed by atoms with Crippen LogP contribution in [0.15, 0.2) is 42.9 Å². The van der Waals surface area contributed by atoms with Crippen LogP contribution in [0.5, 0.6) is 5.75 Å². The summed E-state index contributed by atoms with van der Waals surface area (Å²) in [6.45, 7) is 4.18. The van der Waals surface area contributed by atoms with Gasteiger partial charge in [0.05, 0.1) is 23.7 Å². The van der Waals surface area contributed by atoms with Gasteiger partial charge in [-0.15, -0.1) is 0 Å². The summed E-state index contributed by atoms with van der Waals surface area (Å²) in [6, 6.07) is 8.22. The summed E-state index contributed by atoms with van der Waals surface area (Å²) in [5, 5.41) is 18.1. The van der Waals surface area contributed by atoms with Crippen LogP contribution in [0.1, 0.15) is 44.7 Å². The fraction of sp³-hybridized carbons (Fsp3) is 0.448. The molecule has 1 saturated carbocycles. The van der Waals surface area contributed by atoms with E-state index in [0.29, 0.717) is 29.7 Å². The van der Waals surface area contributed by atoms with Crippen LogP contribution in [-0.4, -0.2) is 73.1 Å². The highest BCUT2D eigenvalue weighted by Crippen LogP contribution is 2.32. The Labute approximate surface area is 228 Å². The number of piperidine rings is 1. The van der Waals surface area contributed by atoms with E-state index in [4.69, 9.17) is 20.4 Å². The van der Waals surface area contributed by atoms with Gasteiger partial charge in [-0.25, -0.2) is 19.6 Å². The first kappa shape index (κ1) is 25.5. The van der Waals surface area contributed by atoms with E-state index in [1.165, 1.54) is 0 Å². The van der Waals surface area contributed by atoms with E-state index in [-0.39, 0.29) is 18.2 Å². The molecule has 0 unspecified atom stereocenters. The minimum Gasteiger partial charge on any atom is -0.490 e. The van der Waals surface area contributed by atoms with Gasteiger partial charge in [0.15, 0.2) is 5.82 Å². The van der Waals surface area contributed by atoms with E-state index < -0.39 is 0 Å². The van der Waals surface area contributed by atoms with Crippen molar-refractivity contribution in [2.24, 2.45) is 0 Å². The number of fused-ring (bicyclic) bond motifs is 1. The summed E-state index contributed by atoms with van der Waals surface area (Å²) < 4.78 is 8.04. The molecule has 1 aliphatic carbocycles. The summed E-state index contributed by atoms with van der Waals surface area (Å²) in [5.41, 5.74) is 11.0. The van der Waals surface area contributed by atoms with Crippen molar-refractivity contribution in [2.45, 2.75) is 63.7 Å². The highest BCUT2D eigenvalue weighted by atomic mass is 16.5. The van der Waals surface area contributed by atoms with Gasteiger partial charge in [0.1, 0.15) is 28.7 Å². The number of likely N-dealkylation sites (tertiary alicyclic amines) is 1. The predicted octanol–water partition coefficient (Wildman–Crippen LogP) is 3.82. The van der Waals surface area contributed by atoms with Crippen molar-refractivity contribution < 1.29 is 9.84 Å². The lowest BCUT2D eigenvalue weighted by Crippen LogP contribution is -2.35. The standard InChI is InChI=1S/C29H36N8O2/c1-3-25-29(33-19-4-7-21(38)14-19)35-26-24(16-31-28(30)27(26)34-25)18-15-32-37(17-18)20-5-8-22(9-6-20)39-23-10-12-36(2)13-11-23/h5-6,8-9,15-17,19,21,23,38H,3-4,7,10-14H2,1-2H3,(H2,30,31)(H,33,35)/t19-,21+/m1/s1. The highest BCUT2D eigenvalue weighted by molar-refractivity contribution is 5.96. The van der Waals surface area contributed by atoms with Gasteiger partial charge in [-0.05, 0) is 69.8 Å². The quantitative estimate of drug-likeness (QED) is 0.328. The van der Waals surface area contributed by atoms with E-state index >= 15 is 0 Å². The van der Waals surface area contributed by atoms with Crippen LogP contribution in [0, 0.1) is 0 Å². The van der Waals surface area contributed by atoms with Gasteiger partial charge in [0.2, 0.25) is 0 Å². The Bertz CT molecular complexity index is 1450. The largest absolute Gasteiger partial charge is 0.490 e. The van der Waals surface area contributed by atoms with Crippen molar-refractivity contribution in [3.8, 4) is 22.6 Å². The van der Waals surface area contributed by atoms with Gasteiger partial charge in [0, 0.05) is 42.7 Å². The van der Waals surface area contributed by atoms with E-state index in [0.717, 1.165) is 72.8 Å². The number of aliphatic hydroxyl groups is 1. The fourth-order valence-corrected chi connectivity index (χ4v) is 5.52. The van der Waals surface area contributed by atoms with Crippen LogP contribution >= 0.6 is 0 Å². The van der Waals surface area contributed by atoms with Crippen LogP contribution in [0.2, 0.25) is 0 Å². The maximum atomic E-state index is 9.98. The molecule has 0 amide bonds. The monoisotopic (exact) mass is 528 g/mol. The van der Waals surface area contributed by atoms with Gasteiger partial charge in [-0.3, -0.25) is 0 Å². The number of benzene rings is 1. The highest BCUT2D eigenvalue weighted by Gasteiger charge is 2.25. The van der Waals surface area contributed by atoms with Gasteiger partial charge in [0.25, 0.3) is 0 Å². The fourth-order valence-electron chi connectivity index (χ4n) is 5.52. The third-order valence-electron chi connectivity index (χ3n) is 7.84. The maximum Gasteiger partial charge on any atom is 0.151 e. The van der Waals surface area contributed by atoms with Gasteiger partial charge >= 0.3 is 0 Å². The molecule has 1 aromatic carbocycles. The van der Waals surface area contributed by atoms with Crippen LogP contribution in [0.4, 0.5) is 11.6 Å². The summed E-state index contributed by atoms with van der Waals surface area (Å²) in [7, 11) is 2.15. The molecule has 3 aromatic heterocycles. The number of hydrogen-bond acceptors (Lipinski definition) is 9. The molecule has 6 rings (SSSR count). The molecular weight excluding hydrogens is 492 g/mol. The molecule has 2 fully saturated rings. The van der Waals surface area contributed by atoms with Crippen LogP contribution in [0.3, 0.4) is 0 Å². The van der Waals surface area contributed by atoms with Crippen molar-refractivity contribution in [3.63, 3.8) is 0 Å². The Morgan fingerprint density at radius 3 is 2.56 bits per heavy atom. The Morgan fingerprint density at radius 1 is 1.05 bits per heavy atom. The number of anilines is 2. The minimum atomic E-state index is -0.267. The second-order valence-electron chi connectivity index (χ2n) is 10.7. The molecule has 2 atom stereocenters. The number of nitrogens with zero attached hydrogens (tertiary/aromatic N) is 6. The lowest BCUT2D eigenvalue weighted by molar-refractivity contribution is 0.114. The van der Waals surface area contributed by atoms with Crippen molar-refractivity contribution in [3.05, 3.63) is 48.5 Å². The molecule has 1 saturated heterocycles. The number of nitrogens with one attached hydrogen (secondary N) is 1. The van der Waals surface area contributed by atoms with Gasteiger partial charge < -0.3 is 25.8 Å². The molecule has 10 nitrogen and oxygen atoms in total. The molecule has 204 valence electrons. The normalized spacial score (nSPS) is 20.5. The molecule has 1 aliphatic heterocycles. The second kappa shape index (κ2) is 10.8. The SMILES string of the molecule is CCc1nc2c(N)ncc(-c3cnn(-c4ccc(OC5CCN(C)CC5)cc4)c3)c2nc1N[C@@H]1CC[C@H](O)C1. The molecule has 10 heteroatoms. The average Bonchev–Trinajstić information content (AvgIpc) is 3.60. The number of nitrogen functional groups attached to an aromatic ring is 1. The van der Waals surface area contributed by atoms with E-state index in [1.807, 2.05) is 48.3 Å². The molecule has 39 heavy (non-hydrogen) atoms. The van der Waals surface area contributed by atoms with Crippen LogP contribution in [0.25, 0.3) is 27.8 Å². The second-order valence-corrected chi connectivity index (χ2v) is 10.7. The molecular formula is C29H36N8O2.